The molecule has 4 rings (SSSR count). The van der Waals surface area contributed by atoms with Crippen molar-refractivity contribution < 1.29 is 9.53 Å². The molecule has 6 nitrogen and oxygen atoms in total. The molecule has 0 saturated heterocycles. The third kappa shape index (κ3) is 3.48. The van der Waals surface area contributed by atoms with Crippen LogP contribution in [0.4, 0.5) is 5.69 Å². The molecule has 0 aliphatic heterocycles. The van der Waals surface area contributed by atoms with E-state index >= 15 is 0 Å². The zero-order valence-corrected chi connectivity index (χ0v) is 14.7. The van der Waals surface area contributed by atoms with Gasteiger partial charge in [0, 0.05) is 23.1 Å². The summed E-state index contributed by atoms with van der Waals surface area (Å²) < 4.78 is 5.83. The minimum atomic E-state index is -0.253. The fraction of sp³-hybridized carbons (Fsp3) is 0.0952. The Kier molecular flexibility index (Phi) is 4.74. The Morgan fingerprint density at radius 1 is 1.00 bits per heavy atom. The van der Waals surface area contributed by atoms with Crippen molar-refractivity contribution in [2.24, 2.45) is 5.84 Å². The van der Waals surface area contributed by atoms with Gasteiger partial charge in [-0.2, -0.15) is 0 Å². The smallest absolute Gasteiger partial charge is 0.275 e. The Morgan fingerprint density at radius 3 is 2.63 bits per heavy atom. The molecule has 0 aliphatic rings. The van der Waals surface area contributed by atoms with Crippen LogP contribution >= 0.6 is 0 Å². The summed E-state index contributed by atoms with van der Waals surface area (Å²) in [4.78, 5) is 16.1. The fourth-order valence-corrected chi connectivity index (χ4v) is 3.10. The van der Waals surface area contributed by atoms with Crippen LogP contribution < -0.4 is 21.3 Å². The largest absolute Gasteiger partial charge is 0.489 e. The number of ether oxygens (including phenoxy) is 1. The zero-order chi connectivity index (χ0) is 18.6. The Hall–Kier alpha value is -3.35. The number of hydrazine groups is 1. The minimum absolute atomic E-state index is 0.253. The number of aromatic amines is 1. The zero-order valence-electron chi connectivity index (χ0n) is 14.7. The second kappa shape index (κ2) is 7.49. The number of nitrogens with one attached hydrogen (secondary N) is 3. The molecule has 0 radical (unpaired) electrons. The van der Waals surface area contributed by atoms with E-state index in [4.69, 9.17) is 10.6 Å². The number of nitrogens with two attached hydrogens (primary N) is 1. The van der Waals surface area contributed by atoms with Gasteiger partial charge in [0.15, 0.2) is 5.75 Å². The summed E-state index contributed by atoms with van der Waals surface area (Å²) in [5.74, 6) is 5.58. The quantitative estimate of drug-likeness (QED) is 0.241. The van der Waals surface area contributed by atoms with Crippen LogP contribution in [0.2, 0.25) is 0 Å². The molecule has 136 valence electrons. The topological polar surface area (TPSA) is 92.2 Å². The third-order valence-corrected chi connectivity index (χ3v) is 4.39. The van der Waals surface area contributed by atoms with Crippen LogP contribution in [-0.4, -0.2) is 24.0 Å². The van der Waals surface area contributed by atoms with E-state index in [2.05, 4.69) is 15.7 Å². The van der Waals surface area contributed by atoms with Gasteiger partial charge in [-0.3, -0.25) is 16.1 Å². The first-order valence-electron chi connectivity index (χ1n) is 8.73. The standard InChI is InChI=1S/C21H20N4O2/c22-23-11-12-27-20-17-7-3-4-8-18(17)25-19(20)21(26)24-16-10-9-14-5-1-2-6-15(14)13-16/h1-10,13,23,25H,11-12,22H2,(H,24,26). The third-order valence-electron chi connectivity index (χ3n) is 4.39. The maximum atomic E-state index is 12.9. The van der Waals surface area contributed by atoms with Crippen molar-refractivity contribution in [3.05, 3.63) is 72.4 Å². The lowest BCUT2D eigenvalue weighted by molar-refractivity contribution is 0.101. The molecule has 0 aliphatic carbocycles. The molecule has 0 unspecified atom stereocenters. The van der Waals surface area contributed by atoms with Gasteiger partial charge in [0.1, 0.15) is 12.3 Å². The van der Waals surface area contributed by atoms with Gasteiger partial charge in [0.2, 0.25) is 0 Å². The number of anilines is 1. The second-order valence-corrected chi connectivity index (χ2v) is 6.19. The molecule has 1 aromatic heterocycles. The van der Waals surface area contributed by atoms with E-state index in [9.17, 15) is 4.79 Å². The molecule has 0 fully saturated rings. The molecule has 4 aromatic rings. The van der Waals surface area contributed by atoms with Gasteiger partial charge in [0.05, 0.1) is 0 Å². The predicted octanol–water partition coefficient (Wildman–Crippen LogP) is 3.42. The maximum absolute atomic E-state index is 12.9. The van der Waals surface area contributed by atoms with Crippen LogP contribution in [0.15, 0.2) is 66.7 Å². The van der Waals surface area contributed by atoms with E-state index in [0.29, 0.717) is 24.6 Å². The van der Waals surface area contributed by atoms with Gasteiger partial charge in [-0.25, -0.2) is 0 Å². The van der Waals surface area contributed by atoms with E-state index in [0.717, 1.165) is 27.4 Å². The number of hydrogen-bond donors (Lipinski definition) is 4. The van der Waals surface area contributed by atoms with Crippen LogP contribution in [0.3, 0.4) is 0 Å². The highest BCUT2D eigenvalue weighted by Gasteiger charge is 2.19. The van der Waals surface area contributed by atoms with E-state index in [1.807, 2.05) is 66.7 Å². The lowest BCUT2D eigenvalue weighted by atomic mass is 10.1. The lowest BCUT2D eigenvalue weighted by Gasteiger charge is -2.09. The first kappa shape index (κ1) is 17.1. The molecule has 0 bridgehead atoms. The normalized spacial score (nSPS) is 11.0. The number of fused-ring (bicyclic) bond motifs is 2. The highest BCUT2D eigenvalue weighted by atomic mass is 16.5. The summed E-state index contributed by atoms with van der Waals surface area (Å²) in [5, 5.41) is 6.00. The van der Waals surface area contributed by atoms with Crippen LogP contribution in [0.25, 0.3) is 21.7 Å². The summed E-state index contributed by atoms with van der Waals surface area (Å²) in [6.07, 6.45) is 0. The Labute approximate surface area is 156 Å². The van der Waals surface area contributed by atoms with E-state index < -0.39 is 0 Å². The summed E-state index contributed by atoms with van der Waals surface area (Å²) in [6.45, 7) is 0.833. The van der Waals surface area contributed by atoms with Crippen LogP contribution in [-0.2, 0) is 0 Å². The second-order valence-electron chi connectivity index (χ2n) is 6.19. The number of aromatic nitrogens is 1. The SMILES string of the molecule is NNCCOc1c(C(=O)Nc2ccc3ccccc3c2)[nH]c2ccccc12. The lowest BCUT2D eigenvalue weighted by Crippen LogP contribution is -2.27. The average Bonchev–Trinajstić information content (AvgIpc) is 3.07. The first-order chi connectivity index (χ1) is 13.3. The number of carbonyl (C=O) groups is 1. The van der Waals surface area contributed by atoms with Crippen molar-refractivity contribution in [2.75, 3.05) is 18.5 Å². The molecule has 3 aromatic carbocycles. The van der Waals surface area contributed by atoms with Crippen LogP contribution in [0.5, 0.6) is 5.75 Å². The highest BCUT2D eigenvalue weighted by molar-refractivity contribution is 6.10. The van der Waals surface area contributed by atoms with Crippen molar-refractivity contribution in [3.63, 3.8) is 0 Å². The Morgan fingerprint density at radius 2 is 1.78 bits per heavy atom. The van der Waals surface area contributed by atoms with Crippen molar-refractivity contribution in [3.8, 4) is 5.75 Å². The minimum Gasteiger partial charge on any atom is -0.489 e. The molecule has 0 saturated carbocycles. The van der Waals surface area contributed by atoms with Crippen molar-refractivity contribution in [1.29, 1.82) is 0 Å². The Bertz CT molecular complexity index is 1100. The summed E-state index contributed by atoms with van der Waals surface area (Å²) in [5.41, 5.74) is 4.51. The first-order valence-corrected chi connectivity index (χ1v) is 8.73. The molecule has 6 heteroatoms. The van der Waals surface area contributed by atoms with Crippen molar-refractivity contribution >= 4 is 33.3 Å². The molecule has 27 heavy (non-hydrogen) atoms. The molecule has 5 N–H and O–H groups in total. The monoisotopic (exact) mass is 360 g/mol. The highest BCUT2D eigenvalue weighted by Crippen LogP contribution is 2.31. The molecule has 1 amide bonds. The fourth-order valence-electron chi connectivity index (χ4n) is 3.10. The number of H-pyrrole nitrogens is 1. The van der Waals surface area contributed by atoms with Crippen LogP contribution in [0.1, 0.15) is 10.5 Å². The number of para-hydroxylation sites is 1. The van der Waals surface area contributed by atoms with Crippen molar-refractivity contribution in [2.45, 2.75) is 0 Å². The number of benzene rings is 3. The number of amides is 1. The van der Waals surface area contributed by atoms with Gasteiger partial charge in [-0.05, 0) is 35.0 Å². The van der Waals surface area contributed by atoms with Crippen molar-refractivity contribution in [1.82, 2.24) is 10.4 Å². The van der Waals surface area contributed by atoms with Gasteiger partial charge in [-0.1, -0.05) is 42.5 Å². The van der Waals surface area contributed by atoms with E-state index in [1.54, 1.807) is 0 Å². The van der Waals surface area contributed by atoms with Crippen LogP contribution in [0, 0.1) is 0 Å². The van der Waals surface area contributed by atoms with E-state index in [-0.39, 0.29) is 5.91 Å². The average molecular weight is 360 g/mol. The van der Waals surface area contributed by atoms with Gasteiger partial charge in [-0.15, -0.1) is 0 Å². The summed E-state index contributed by atoms with van der Waals surface area (Å²) in [6, 6.07) is 21.5. The molecule has 1 heterocycles. The molecule has 0 atom stereocenters. The number of hydrogen-bond acceptors (Lipinski definition) is 4. The predicted molar refractivity (Wildman–Crippen MR) is 108 cm³/mol. The molecular formula is C21H20N4O2. The number of rotatable bonds is 6. The molecular weight excluding hydrogens is 340 g/mol. The van der Waals surface area contributed by atoms with E-state index in [1.165, 1.54) is 0 Å². The Balaban J connectivity index is 1.65. The summed E-state index contributed by atoms with van der Waals surface area (Å²) >= 11 is 0. The molecule has 0 spiro atoms. The van der Waals surface area contributed by atoms with Gasteiger partial charge in [0.25, 0.3) is 5.91 Å². The maximum Gasteiger partial charge on any atom is 0.275 e. The van der Waals surface area contributed by atoms with Gasteiger partial charge < -0.3 is 15.0 Å². The number of carbonyl (C=O) groups excluding carboxylic acids is 1. The van der Waals surface area contributed by atoms with Gasteiger partial charge >= 0.3 is 0 Å². The summed E-state index contributed by atoms with van der Waals surface area (Å²) in [7, 11) is 0.